The summed E-state index contributed by atoms with van der Waals surface area (Å²) in [4.78, 5) is 0. The number of hydrogen-bond donors (Lipinski definition) is 0. The van der Waals surface area contributed by atoms with Gasteiger partial charge in [-0.15, -0.1) is 0 Å². The summed E-state index contributed by atoms with van der Waals surface area (Å²) in [5.74, 6) is -2.58. The van der Waals surface area contributed by atoms with E-state index < -0.39 is 12.0 Å². The van der Waals surface area contributed by atoms with Crippen molar-refractivity contribution in [1.29, 1.82) is 0 Å². The molecule has 0 atom stereocenters. The van der Waals surface area contributed by atoms with E-state index in [1.54, 1.807) is 13.8 Å². The second kappa shape index (κ2) is 18.9. The normalized spacial score (nSPS) is 9.91. The highest BCUT2D eigenvalue weighted by molar-refractivity contribution is 4.96. The van der Waals surface area contributed by atoms with Crippen LogP contribution in [0.5, 0.6) is 0 Å². The Bertz CT molecular complexity index is 319. The Morgan fingerprint density at radius 1 is 0.870 bits per heavy atom. The van der Waals surface area contributed by atoms with Crippen LogP contribution < -0.4 is 0 Å². The Morgan fingerprint density at radius 3 is 1.13 bits per heavy atom. The van der Waals surface area contributed by atoms with Crippen LogP contribution in [0.25, 0.3) is 0 Å². The molecule has 0 aromatic heterocycles. The number of halogens is 5. The zero-order chi connectivity index (χ0) is 19.6. The Hall–Kier alpha value is -1.13. The van der Waals surface area contributed by atoms with E-state index in [4.69, 9.17) is 0 Å². The molecule has 0 aliphatic heterocycles. The topological polar surface area (TPSA) is 0 Å². The highest BCUT2D eigenvalue weighted by atomic mass is 19.3. The summed E-state index contributed by atoms with van der Waals surface area (Å²) in [6.45, 7) is 14.8. The first-order chi connectivity index (χ1) is 10.3. The summed E-state index contributed by atoms with van der Waals surface area (Å²) < 4.78 is 56.8. The molecule has 140 valence electrons. The summed E-state index contributed by atoms with van der Waals surface area (Å²) >= 11 is 0. The smallest absolute Gasteiger partial charge is 0.213 e. The van der Waals surface area contributed by atoms with Gasteiger partial charge in [-0.3, -0.25) is 0 Å². The zero-order valence-electron chi connectivity index (χ0n) is 16.0. The molecule has 0 rings (SSSR count). The maximum atomic E-state index is 11.5. The van der Waals surface area contributed by atoms with E-state index in [9.17, 15) is 22.0 Å². The first kappa shape index (κ1) is 29.8. The molecule has 23 heavy (non-hydrogen) atoms. The van der Waals surface area contributed by atoms with Gasteiger partial charge in [0.1, 0.15) is 0 Å². The van der Waals surface area contributed by atoms with E-state index >= 15 is 0 Å². The van der Waals surface area contributed by atoms with Gasteiger partial charge in [0.05, 0.1) is 5.83 Å². The average molecular weight is 344 g/mol. The van der Waals surface area contributed by atoms with Crippen LogP contribution in [0.15, 0.2) is 35.2 Å². The fourth-order valence-corrected chi connectivity index (χ4v) is 0.134. The van der Waals surface area contributed by atoms with Gasteiger partial charge in [0, 0.05) is 6.42 Å². The maximum absolute atomic E-state index is 11.5. The number of hydrogen-bond acceptors (Lipinski definition) is 0. The van der Waals surface area contributed by atoms with Crippen molar-refractivity contribution in [2.75, 3.05) is 0 Å². The molecular weight excluding hydrogens is 311 g/mol. The minimum atomic E-state index is -2.46. The SMILES string of the molecule is C/C=C(\C)F.CC=C(C)C.CCC(C)(F)F.CCC(C)=C(F)F. The minimum absolute atomic E-state index is 0.0625. The molecule has 0 amide bonds. The molecular formula is C18H33F5. The first-order valence-corrected chi connectivity index (χ1v) is 7.55. The average Bonchev–Trinajstić information content (AvgIpc) is 2.47. The van der Waals surface area contributed by atoms with Gasteiger partial charge in [-0.1, -0.05) is 31.6 Å². The van der Waals surface area contributed by atoms with Crippen LogP contribution in [0.2, 0.25) is 0 Å². The highest BCUT2D eigenvalue weighted by Gasteiger charge is 2.15. The van der Waals surface area contributed by atoms with Crippen molar-refractivity contribution in [3.8, 4) is 0 Å². The Kier molecular flexibility index (Phi) is 24.5. The summed E-state index contributed by atoms with van der Waals surface area (Å²) in [6, 6.07) is 0. The minimum Gasteiger partial charge on any atom is -0.213 e. The van der Waals surface area contributed by atoms with E-state index in [0.29, 0.717) is 6.42 Å². The second-order valence-electron chi connectivity index (χ2n) is 5.06. The zero-order valence-corrected chi connectivity index (χ0v) is 16.0. The highest BCUT2D eigenvalue weighted by Crippen LogP contribution is 2.14. The monoisotopic (exact) mass is 344 g/mol. The van der Waals surface area contributed by atoms with E-state index in [-0.39, 0.29) is 17.8 Å². The van der Waals surface area contributed by atoms with Crippen LogP contribution in [0.1, 0.15) is 75.2 Å². The van der Waals surface area contributed by atoms with Crippen molar-refractivity contribution < 1.29 is 22.0 Å². The molecule has 0 saturated heterocycles. The van der Waals surface area contributed by atoms with Gasteiger partial charge in [0.15, 0.2) is 0 Å². The molecule has 0 bridgehead atoms. The third-order valence-corrected chi connectivity index (χ3v) is 2.45. The molecule has 0 aromatic rings. The molecule has 0 radical (unpaired) electrons. The fraction of sp³-hybridized carbons (Fsp3) is 0.667. The summed E-state index contributed by atoms with van der Waals surface area (Å²) in [6.07, 6.45) is 2.34. The Labute approximate surface area is 139 Å². The molecule has 0 fully saturated rings. The third-order valence-electron chi connectivity index (χ3n) is 2.45. The summed E-state index contributed by atoms with van der Waals surface area (Å²) in [5, 5.41) is 0. The summed E-state index contributed by atoms with van der Waals surface area (Å²) in [5.41, 5.74) is 1.56. The second-order valence-corrected chi connectivity index (χ2v) is 5.06. The number of rotatable bonds is 2. The Morgan fingerprint density at radius 2 is 1.13 bits per heavy atom. The van der Waals surface area contributed by atoms with Gasteiger partial charge in [-0.2, -0.15) is 8.78 Å². The molecule has 0 aliphatic carbocycles. The molecule has 0 aliphatic rings. The Balaban J connectivity index is -0.000000106. The van der Waals surface area contributed by atoms with Gasteiger partial charge in [0.2, 0.25) is 5.92 Å². The van der Waals surface area contributed by atoms with Gasteiger partial charge in [0.25, 0.3) is 6.08 Å². The van der Waals surface area contributed by atoms with Crippen LogP contribution in [0.4, 0.5) is 22.0 Å². The molecule has 0 spiro atoms. The van der Waals surface area contributed by atoms with E-state index in [0.717, 1.165) is 6.92 Å². The number of alkyl halides is 2. The van der Waals surface area contributed by atoms with E-state index in [2.05, 4.69) is 19.9 Å². The van der Waals surface area contributed by atoms with Gasteiger partial charge < -0.3 is 0 Å². The van der Waals surface area contributed by atoms with Crippen LogP contribution in [0.3, 0.4) is 0 Å². The quantitative estimate of drug-likeness (QED) is 0.348. The van der Waals surface area contributed by atoms with Crippen LogP contribution in [-0.4, -0.2) is 5.92 Å². The largest absolute Gasteiger partial charge is 0.269 e. The van der Waals surface area contributed by atoms with Crippen molar-refractivity contribution in [2.45, 2.75) is 81.1 Å². The predicted molar refractivity (Wildman–Crippen MR) is 91.8 cm³/mol. The molecule has 0 saturated carbocycles. The summed E-state index contributed by atoms with van der Waals surface area (Å²) in [7, 11) is 0. The van der Waals surface area contributed by atoms with Crippen LogP contribution >= 0.6 is 0 Å². The van der Waals surface area contributed by atoms with Gasteiger partial charge >= 0.3 is 0 Å². The molecule has 0 N–H and O–H groups in total. The standard InChI is InChI=1S/C5H8F2.C5H10.C4H8F2.C4H7F/c1-3-4(2)5(6)7;1-4-5(2)3;1-3-4(2,5)6;1-3-4(2)5/h3H2,1-2H3;4H,1-3H3;3H2,1-2H3;3H,1-2H3/b;;;4-3+. The van der Waals surface area contributed by atoms with E-state index in [1.807, 2.05) is 6.92 Å². The van der Waals surface area contributed by atoms with Crippen molar-refractivity contribution in [3.63, 3.8) is 0 Å². The van der Waals surface area contributed by atoms with Crippen LogP contribution in [-0.2, 0) is 0 Å². The molecule has 0 heterocycles. The lowest BCUT2D eigenvalue weighted by atomic mass is 10.3. The number of allylic oxidation sites excluding steroid dienone is 5. The van der Waals surface area contributed by atoms with Gasteiger partial charge in [-0.05, 0) is 60.5 Å². The first-order valence-electron chi connectivity index (χ1n) is 7.55. The van der Waals surface area contributed by atoms with Crippen molar-refractivity contribution in [1.82, 2.24) is 0 Å². The van der Waals surface area contributed by atoms with Crippen molar-refractivity contribution >= 4 is 0 Å². The molecule has 0 nitrogen and oxygen atoms in total. The van der Waals surface area contributed by atoms with Gasteiger partial charge in [-0.25, -0.2) is 13.2 Å². The maximum Gasteiger partial charge on any atom is 0.269 e. The molecule has 0 unspecified atom stereocenters. The van der Waals surface area contributed by atoms with Crippen molar-refractivity contribution in [3.05, 3.63) is 35.2 Å². The fourth-order valence-electron chi connectivity index (χ4n) is 0.134. The van der Waals surface area contributed by atoms with Crippen molar-refractivity contribution in [2.24, 2.45) is 0 Å². The third kappa shape index (κ3) is 52.7. The van der Waals surface area contributed by atoms with E-state index in [1.165, 1.54) is 32.4 Å². The molecule has 5 heteroatoms. The lowest BCUT2D eigenvalue weighted by molar-refractivity contribution is 0.0181. The lowest BCUT2D eigenvalue weighted by Crippen LogP contribution is -2.05. The molecule has 0 aromatic carbocycles. The lowest BCUT2D eigenvalue weighted by Gasteiger charge is -2.02. The van der Waals surface area contributed by atoms with Crippen LogP contribution in [0, 0.1) is 0 Å². The predicted octanol–water partition coefficient (Wildman–Crippen LogP) is 8.47.